The van der Waals surface area contributed by atoms with Crippen LogP contribution < -0.4 is 0 Å². The molecule has 136 valence electrons. The Hall–Kier alpha value is -1.56. The molecular weight excluding hydrogens is 324 g/mol. The van der Waals surface area contributed by atoms with E-state index in [0.29, 0.717) is 0 Å². The van der Waals surface area contributed by atoms with Gasteiger partial charge in [-0.1, -0.05) is 0 Å². The first-order valence-corrected chi connectivity index (χ1v) is 7.58. The number of carbonyl (C=O) groups excluding carboxylic acids is 1. The van der Waals surface area contributed by atoms with Crippen LogP contribution in [0, 0.1) is 0 Å². The second-order valence-corrected chi connectivity index (χ2v) is 5.89. The van der Waals surface area contributed by atoms with Crippen molar-refractivity contribution < 1.29 is 40.2 Å². The third-order valence-electron chi connectivity index (χ3n) is 4.07. The van der Waals surface area contributed by atoms with Crippen LogP contribution in [-0.2, 0) is 4.74 Å². The van der Waals surface area contributed by atoms with E-state index in [9.17, 15) is 35.4 Å². The molecule has 7 unspecified atom stereocenters. The zero-order chi connectivity index (χ0) is 17.9. The van der Waals surface area contributed by atoms with E-state index in [1.807, 2.05) is 0 Å². The van der Waals surface area contributed by atoms with Crippen LogP contribution in [0.4, 0.5) is 4.79 Å². The number of hydrogen-bond acceptors (Lipinski definition) is 9. The van der Waals surface area contributed by atoms with Crippen molar-refractivity contribution in [3.63, 3.8) is 0 Å². The highest BCUT2D eigenvalue weighted by atomic mass is 16.6. The molecule has 0 amide bonds. The third kappa shape index (κ3) is 4.29. The number of rotatable bonds is 1. The largest absolute Gasteiger partial charge is 0.440 e. The van der Waals surface area contributed by atoms with Crippen LogP contribution in [0.1, 0.15) is 19.3 Å². The van der Waals surface area contributed by atoms with Gasteiger partial charge in [-0.25, -0.2) is 14.3 Å². The van der Waals surface area contributed by atoms with Crippen LogP contribution in [0.15, 0.2) is 18.7 Å². The normalized spacial score (nSPS) is 38.5. The molecular formula is C14H22N2O8. The minimum absolute atomic E-state index is 0.0294. The van der Waals surface area contributed by atoms with Crippen LogP contribution in [0.5, 0.6) is 0 Å². The summed E-state index contributed by atoms with van der Waals surface area (Å²) in [4.78, 5) is 15.6. The van der Waals surface area contributed by atoms with Crippen molar-refractivity contribution in [3.8, 4) is 0 Å². The molecule has 10 heteroatoms. The van der Waals surface area contributed by atoms with Gasteiger partial charge in [0.1, 0.15) is 24.6 Å². The van der Waals surface area contributed by atoms with Crippen LogP contribution in [0.2, 0.25) is 0 Å². The van der Waals surface area contributed by atoms with Crippen LogP contribution >= 0.6 is 0 Å². The van der Waals surface area contributed by atoms with Gasteiger partial charge in [-0.3, -0.25) is 0 Å². The number of carbonyl (C=O) groups is 1. The molecule has 6 N–H and O–H groups in total. The molecule has 0 aliphatic heterocycles. The van der Waals surface area contributed by atoms with E-state index in [2.05, 4.69) is 4.98 Å². The lowest BCUT2D eigenvalue weighted by Gasteiger charge is -2.35. The maximum absolute atomic E-state index is 12.0. The maximum atomic E-state index is 12.0. The second-order valence-electron chi connectivity index (χ2n) is 5.89. The van der Waals surface area contributed by atoms with Crippen molar-refractivity contribution in [2.45, 2.75) is 62.0 Å². The van der Waals surface area contributed by atoms with Crippen LogP contribution in [0.25, 0.3) is 0 Å². The van der Waals surface area contributed by atoms with Gasteiger partial charge in [-0.05, 0) is 12.8 Å². The van der Waals surface area contributed by atoms with Crippen molar-refractivity contribution in [1.29, 1.82) is 0 Å². The summed E-state index contributed by atoms with van der Waals surface area (Å²) in [6, 6.07) is 0. The van der Waals surface area contributed by atoms with Crippen molar-refractivity contribution in [2.24, 2.45) is 0 Å². The summed E-state index contributed by atoms with van der Waals surface area (Å²) in [5, 5.41) is 59.8. The Morgan fingerprint density at radius 2 is 1.71 bits per heavy atom. The summed E-state index contributed by atoms with van der Waals surface area (Å²) in [6.45, 7) is 0. The predicted octanol–water partition coefficient (Wildman–Crippen LogP) is -2.41. The lowest BCUT2D eigenvalue weighted by molar-refractivity contribution is -0.163. The maximum Gasteiger partial charge on any atom is 0.419 e. The predicted molar refractivity (Wildman–Crippen MR) is 77.8 cm³/mol. The second kappa shape index (κ2) is 8.01. The van der Waals surface area contributed by atoms with E-state index >= 15 is 0 Å². The Balaban J connectivity index is 2.20. The van der Waals surface area contributed by atoms with Gasteiger partial charge >= 0.3 is 6.09 Å². The van der Waals surface area contributed by atoms with Crippen molar-refractivity contribution in [1.82, 2.24) is 9.55 Å². The first-order chi connectivity index (χ1) is 11.3. The average molecular weight is 346 g/mol. The molecule has 1 aliphatic rings. The van der Waals surface area contributed by atoms with Crippen LogP contribution in [0.3, 0.4) is 0 Å². The quantitative estimate of drug-likeness (QED) is 0.324. The van der Waals surface area contributed by atoms with E-state index in [1.165, 1.54) is 12.4 Å². The standard InChI is InChI=1S/C14H22N2O8/c17-7-1-2-8(18)10(20)11(21)12(22)13(9(19)5-7)24-14(23)16-4-3-15-6-16/h3-4,6-13,17-22H,1-2,5H2. The molecule has 1 aliphatic carbocycles. The van der Waals surface area contributed by atoms with Crippen molar-refractivity contribution in [3.05, 3.63) is 18.7 Å². The Kier molecular flexibility index (Phi) is 6.27. The van der Waals surface area contributed by atoms with E-state index < -0.39 is 48.8 Å². The molecule has 10 nitrogen and oxygen atoms in total. The Morgan fingerprint density at radius 3 is 2.33 bits per heavy atom. The van der Waals surface area contributed by atoms with Gasteiger partial charge in [0.25, 0.3) is 0 Å². The molecule has 0 bridgehead atoms. The lowest BCUT2D eigenvalue weighted by Crippen LogP contribution is -2.55. The molecule has 0 spiro atoms. The molecule has 1 aromatic heterocycles. The lowest BCUT2D eigenvalue weighted by atomic mass is 9.89. The van der Waals surface area contributed by atoms with Gasteiger partial charge in [0.05, 0.1) is 18.3 Å². The van der Waals surface area contributed by atoms with E-state index in [4.69, 9.17) is 4.74 Å². The number of imidazole rings is 1. The molecule has 1 saturated carbocycles. The van der Waals surface area contributed by atoms with Gasteiger partial charge in [0, 0.05) is 18.8 Å². The molecule has 0 aromatic carbocycles. The number of hydrogen-bond donors (Lipinski definition) is 6. The molecule has 0 saturated heterocycles. The average Bonchev–Trinajstić information content (AvgIpc) is 3.09. The summed E-state index contributed by atoms with van der Waals surface area (Å²) in [5.74, 6) is 0. The highest BCUT2D eigenvalue weighted by Gasteiger charge is 2.42. The van der Waals surface area contributed by atoms with Gasteiger partial charge in [-0.2, -0.15) is 0 Å². The molecule has 1 heterocycles. The molecule has 2 rings (SSSR count). The van der Waals surface area contributed by atoms with E-state index in [-0.39, 0.29) is 19.3 Å². The number of nitrogens with zero attached hydrogens (tertiary/aromatic N) is 2. The van der Waals surface area contributed by atoms with Gasteiger partial charge in [0.15, 0.2) is 6.10 Å². The summed E-state index contributed by atoms with van der Waals surface area (Å²) in [7, 11) is 0. The third-order valence-corrected chi connectivity index (χ3v) is 4.07. The van der Waals surface area contributed by atoms with Gasteiger partial charge in [0.2, 0.25) is 0 Å². The smallest absolute Gasteiger partial charge is 0.419 e. The highest BCUT2D eigenvalue weighted by molar-refractivity contribution is 5.70. The Labute approximate surface area is 137 Å². The monoisotopic (exact) mass is 346 g/mol. The molecule has 24 heavy (non-hydrogen) atoms. The summed E-state index contributed by atoms with van der Waals surface area (Å²) in [6.07, 6.45) is -8.43. The Bertz CT molecular complexity index is 525. The highest BCUT2D eigenvalue weighted by Crippen LogP contribution is 2.22. The SMILES string of the molecule is O=C(OC1C(O)CC(O)CCC(O)C(O)C(O)C1O)n1ccnc1. The fourth-order valence-corrected chi connectivity index (χ4v) is 2.61. The number of aromatic nitrogens is 2. The van der Waals surface area contributed by atoms with E-state index in [1.54, 1.807) is 0 Å². The Morgan fingerprint density at radius 1 is 1.00 bits per heavy atom. The minimum Gasteiger partial charge on any atom is -0.440 e. The van der Waals surface area contributed by atoms with Gasteiger partial charge < -0.3 is 35.4 Å². The van der Waals surface area contributed by atoms with Gasteiger partial charge in [-0.15, -0.1) is 0 Å². The first-order valence-electron chi connectivity index (χ1n) is 7.58. The molecule has 0 radical (unpaired) electrons. The summed E-state index contributed by atoms with van der Waals surface area (Å²) >= 11 is 0. The first kappa shape index (κ1) is 18.8. The molecule has 1 fully saturated rings. The number of ether oxygens (including phenoxy) is 1. The van der Waals surface area contributed by atoms with Crippen molar-refractivity contribution >= 4 is 6.09 Å². The molecule has 7 atom stereocenters. The number of aliphatic hydroxyl groups excluding tert-OH is 6. The summed E-state index contributed by atoms with van der Waals surface area (Å²) < 4.78 is 5.97. The fourth-order valence-electron chi connectivity index (χ4n) is 2.61. The van der Waals surface area contributed by atoms with Crippen molar-refractivity contribution in [2.75, 3.05) is 0 Å². The zero-order valence-corrected chi connectivity index (χ0v) is 12.8. The fraction of sp³-hybridized carbons (Fsp3) is 0.714. The van der Waals surface area contributed by atoms with Crippen LogP contribution in [-0.4, -0.2) is 89.0 Å². The number of aliphatic hydroxyl groups is 6. The minimum atomic E-state index is -1.87. The zero-order valence-electron chi connectivity index (χ0n) is 12.8. The van der Waals surface area contributed by atoms with E-state index in [0.717, 1.165) is 10.9 Å². The summed E-state index contributed by atoms with van der Waals surface area (Å²) in [5.41, 5.74) is 0. The topological polar surface area (TPSA) is 166 Å². The molecule has 1 aromatic rings.